The lowest BCUT2D eigenvalue weighted by atomic mass is 10.2. The van der Waals surface area contributed by atoms with E-state index >= 15 is 0 Å². The molecule has 0 aliphatic carbocycles. The van der Waals surface area contributed by atoms with Crippen LogP contribution in [0.5, 0.6) is 0 Å². The van der Waals surface area contributed by atoms with Gasteiger partial charge in [0, 0.05) is 43.1 Å². The molecule has 10 heteroatoms. The van der Waals surface area contributed by atoms with Gasteiger partial charge in [0.2, 0.25) is 5.13 Å². The monoisotopic (exact) mass is 457 g/mol. The van der Waals surface area contributed by atoms with Crippen LogP contribution in [0.25, 0.3) is 0 Å². The van der Waals surface area contributed by atoms with Crippen LogP contribution in [0.1, 0.15) is 11.1 Å². The number of rotatable bonds is 5. The fourth-order valence-corrected chi connectivity index (χ4v) is 4.40. The van der Waals surface area contributed by atoms with E-state index in [9.17, 15) is 0 Å². The summed E-state index contributed by atoms with van der Waals surface area (Å²) in [5.41, 5.74) is 2.56. The van der Waals surface area contributed by atoms with E-state index in [1.165, 1.54) is 11.3 Å². The summed E-state index contributed by atoms with van der Waals surface area (Å²) in [7, 11) is 0. The first-order valence-electron chi connectivity index (χ1n) is 9.46. The van der Waals surface area contributed by atoms with E-state index in [0.717, 1.165) is 57.4 Å². The molecule has 30 heavy (non-hydrogen) atoms. The van der Waals surface area contributed by atoms with Crippen molar-refractivity contribution in [1.29, 1.82) is 5.26 Å². The topological polar surface area (TPSA) is 73.0 Å². The third-order valence-corrected chi connectivity index (χ3v) is 6.56. The summed E-state index contributed by atoms with van der Waals surface area (Å²) in [6.07, 6.45) is 1.69. The van der Waals surface area contributed by atoms with Crippen molar-refractivity contribution in [2.75, 3.05) is 36.4 Å². The second kappa shape index (κ2) is 9.10. The number of nitrogens with one attached hydrogen (secondary N) is 1. The Morgan fingerprint density at radius 3 is 2.77 bits per heavy atom. The molecule has 0 bridgehead atoms. The molecule has 1 fully saturated rings. The Kier molecular flexibility index (Phi) is 6.29. The highest BCUT2D eigenvalue weighted by atomic mass is 35.5. The maximum Gasteiger partial charge on any atom is 0.209 e. The van der Waals surface area contributed by atoms with Crippen LogP contribution in [0.15, 0.2) is 36.5 Å². The Morgan fingerprint density at radius 2 is 2.03 bits per heavy atom. The lowest BCUT2D eigenvalue weighted by molar-refractivity contribution is 0.195. The molecule has 1 aromatic carbocycles. The predicted molar refractivity (Wildman–Crippen MR) is 123 cm³/mol. The van der Waals surface area contributed by atoms with Crippen molar-refractivity contribution < 1.29 is 0 Å². The van der Waals surface area contributed by atoms with E-state index < -0.39 is 0 Å². The minimum absolute atomic E-state index is 0.631. The number of hydrogen-bond acceptors (Lipinski definition) is 8. The highest BCUT2D eigenvalue weighted by molar-refractivity contribution is 7.73. The lowest BCUT2D eigenvalue weighted by Gasteiger charge is -2.35. The normalized spacial score (nSPS) is 14.5. The van der Waals surface area contributed by atoms with Gasteiger partial charge in [-0.15, -0.1) is 5.10 Å². The highest BCUT2D eigenvalue weighted by Crippen LogP contribution is 2.25. The molecule has 1 N–H and O–H groups in total. The summed E-state index contributed by atoms with van der Waals surface area (Å²) < 4.78 is 2.57. The summed E-state index contributed by atoms with van der Waals surface area (Å²) in [5, 5.41) is 18.5. The number of aryl methyl sites for hydroxylation is 1. The zero-order valence-electron chi connectivity index (χ0n) is 16.4. The summed E-state index contributed by atoms with van der Waals surface area (Å²) in [6.45, 7) is 6.03. The zero-order valence-corrected chi connectivity index (χ0v) is 18.8. The molecular formula is C20H20ClN7S2. The van der Waals surface area contributed by atoms with Crippen molar-refractivity contribution >= 4 is 51.8 Å². The molecule has 3 aromatic rings. The maximum atomic E-state index is 9.08. The van der Waals surface area contributed by atoms with Crippen LogP contribution in [0, 0.1) is 22.2 Å². The van der Waals surface area contributed by atoms with Crippen LogP contribution in [-0.4, -0.2) is 45.8 Å². The molecule has 0 spiro atoms. The molecule has 1 saturated heterocycles. The predicted octanol–water partition coefficient (Wildman–Crippen LogP) is 4.43. The van der Waals surface area contributed by atoms with Crippen molar-refractivity contribution in [2.24, 2.45) is 0 Å². The van der Waals surface area contributed by atoms with Crippen molar-refractivity contribution in [1.82, 2.24) is 19.7 Å². The summed E-state index contributed by atoms with van der Waals surface area (Å²) in [5.74, 6) is 0.849. The van der Waals surface area contributed by atoms with Crippen molar-refractivity contribution in [3.05, 3.63) is 56.6 Å². The van der Waals surface area contributed by atoms with Crippen molar-refractivity contribution in [3.63, 3.8) is 0 Å². The highest BCUT2D eigenvalue weighted by Gasteiger charge is 2.19. The number of nitrogens with zero attached hydrogens (tertiary/aromatic N) is 6. The first-order chi connectivity index (χ1) is 14.5. The van der Waals surface area contributed by atoms with Gasteiger partial charge in [-0.25, -0.2) is 9.67 Å². The van der Waals surface area contributed by atoms with Crippen LogP contribution in [0.3, 0.4) is 0 Å². The van der Waals surface area contributed by atoms with E-state index in [4.69, 9.17) is 29.1 Å². The van der Waals surface area contributed by atoms with Crippen LogP contribution >= 0.6 is 35.2 Å². The first-order valence-corrected chi connectivity index (χ1v) is 11.1. The Labute approximate surface area is 189 Å². The van der Waals surface area contributed by atoms with Gasteiger partial charge in [-0.05, 0) is 49.0 Å². The largest absolute Gasteiger partial charge is 0.354 e. The zero-order chi connectivity index (χ0) is 21.1. The molecule has 0 saturated carbocycles. The van der Waals surface area contributed by atoms with Gasteiger partial charge in [0.25, 0.3) is 0 Å². The number of halogens is 1. The molecule has 0 atom stereocenters. The first kappa shape index (κ1) is 20.8. The fraction of sp³-hybridized carbons (Fsp3) is 0.300. The summed E-state index contributed by atoms with van der Waals surface area (Å²) in [6, 6.07) is 11.6. The quantitative estimate of drug-likeness (QED) is 0.568. The number of piperazine rings is 1. The van der Waals surface area contributed by atoms with Crippen LogP contribution in [0.4, 0.5) is 16.6 Å². The van der Waals surface area contributed by atoms with E-state index in [0.29, 0.717) is 12.2 Å². The second-order valence-corrected chi connectivity index (χ2v) is 9.05. The van der Waals surface area contributed by atoms with Crippen LogP contribution < -0.4 is 10.2 Å². The molecule has 2 aromatic heterocycles. The number of pyridine rings is 1. The molecule has 1 aliphatic rings. The minimum Gasteiger partial charge on any atom is -0.354 e. The van der Waals surface area contributed by atoms with Crippen LogP contribution in [0.2, 0.25) is 5.02 Å². The molecule has 0 unspecified atom stereocenters. The van der Waals surface area contributed by atoms with E-state index in [-0.39, 0.29) is 0 Å². The van der Waals surface area contributed by atoms with Gasteiger partial charge < -0.3 is 10.2 Å². The Hall–Kier alpha value is -2.51. The van der Waals surface area contributed by atoms with Crippen molar-refractivity contribution in [3.8, 4) is 6.07 Å². The van der Waals surface area contributed by atoms with E-state index in [1.54, 1.807) is 12.3 Å². The SMILES string of the molecule is Cc1ccc(Nc2nn(CN3CCN(c4cc(C#N)ccn4)CC3)c(=S)s2)cc1Cl. The number of benzene rings is 1. The second-order valence-electron chi connectivity index (χ2n) is 7.02. The Balaban J connectivity index is 1.37. The Morgan fingerprint density at radius 1 is 1.23 bits per heavy atom. The van der Waals surface area contributed by atoms with Gasteiger partial charge in [0.1, 0.15) is 5.82 Å². The minimum atomic E-state index is 0.631. The summed E-state index contributed by atoms with van der Waals surface area (Å²) >= 11 is 13.2. The van der Waals surface area contributed by atoms with Crippen molar-refractivity contribution in [2.45, 2.75) is 13.6 Å². The van der Waals surface area contributed by atoms with Gasteiger partial charge in [-0.1, -0.05) is 29.0 Å². The summed E-state index contributed by atoms with van der Waals surface area (Å²) in [4.78, 5) is 8.91. The van der Waals surface area contributed by atoms with Gasteiger partial charge in [-0.2, -0.15) is 5.26 Å². The number of aromatic nitrogens is 3. The fourth-order valence-electron chi connectivity index (χ4n) is 3.21. The molecule has 1 aliphatic heterocycles. The average Bonchev–Trinajstić information content (AvgIpc) is 3.10. The molecule has 7 nitrogen and oxygen atoms in total. The van der Waals surface area contributed by atoms with E-state index in [2.05, 4.69) is 31.3 Å². The average molecular weight is 458 g/mol. The van der Waals surface area contributed by atoms with Gasteiger partial charge in [0.05, 0.1) is 18.3 Å². The van der Waals surface area contributed by atoms with Crippen LogP contribution in [-0.2, 0) is 6.67 Å². The molecule has 0 amide bonds. The third kappa shape index (κ3) is 4.79. The molecule has 0 radical (unpaired) electrons. The third-order valence-electron chi connectivity index (χ3n) is 4.93. The standard InChI is InChI=1S/C20H20ClN7S2/c1-14-2-3-16(11-17(14)21)24-19-25-28(20(29)30-19)13-26-6-8-27(9-7-26)18-10-15(12-22)4-5-23-18/h2-5,10-11H,6-9,13H2,1H3,(H,24,25). The number of hydrogen-bond donors (Lipinski definition) is 1. The number of anilines is 3. The lowest BCUT2D eigenvalue weighted by Crippen LogP contribution is -2.47. The Bertz CT molecular complexity index is 1140. The van der Waals surface area contributed by atoms with Gasteiger partial charge in [-0.3, -0.25) is 4.90 Å². The smallest absolute Gasteiger partial charge is 0.209 e. The molecule has 3 heterocycles. The molecule has 154 valence electrons. The van der Waals surface area contributed by atoms with Gasteiger partial charge >= 0.3 is 0 Å². The maximum absolute atomic E-state index is 9.08. The molecular weight excluding hydrogens is 438 g/mol. The number of nitriles is 1. The van der Waals surface area contributed by atoms with Gasteiger partial charge in [0.15, 0.2) is 3.95 Å². The molecule has 4 rings (SSSR count). The van der Waals surface area contributed by atoms with E-state index in [1.807, 2.05) is 35.9 Å².